The summed E-state index contributed by atoms with van der Waals surface area (Å²) in [6.45, 7) is 3.94. The van der Waals surface area contributed by atoms with Crippen LogP contribution in [0.4, 0.5) is 9.18 Å². The van der Waals surface area contributed by atoms with Gasteiger partial charge in [0.2, 0.25) is 0 Å². The van der Waals surface area contributed by atoms with Crippen molar-refractivity contribution in [3.63, 3.8) is 0 Å². The van der Waals surface area contributed by atoms with Gasteiger partial charge in [0, 0.05) is 6.54 Å². The van der Waals surface area contributed by atoms with Crippen molar-refractivity contribution in [3.8, 4) is 5.75 Å². The van der Waals surface area contributed by atoms with E-state index < -0.39 is 6.10 Å². The number of ether oxygens (including phenoxy) is 1. The Morgan fingerprint density at radius 1 is 1.20 bits per heavy atom. The minimum absolute atomic E-state index is 0.000735. The first-order chi connectivity index (χ1) is 12.0. The van der Waals surface area contributed by atoms with Crippen molar-refractivity contribution in [2.75, 3.05) is 13.2 Å². The third-order valence-corrected chi connectivity index (χ3v) is 3.76. The van der Waals surface area contributed by atoms with E-state index in [0.717, 1.165) is 11.1 Å². The fourth-order valence-electron chi connectivity index (χ4n) is 2.39. The smallest absolute Gasteiger partial charge is 0.315 e. The fourth-order valence-corrected chi connectivity index (χ4v) is 2.39. The van der Waals surface area contributed by atoms with Crippen LogP contribution in [0, 0.1) is 12.7 Å². The maximum Gasteiger partial charge on any atom is 0.315 e. The van der Waals surface area contributed by atoms with Crippen LogP contribution in [0.2, 0.25) is 0 Å². The zero-order valence-electron chi connectivity index (χ0n) is 14.3. The molecule has 2 unspecified atom stereocenters. The van der Waals surface area contributed by atoms with Crippen molar-refractivity contribution in [2.24, 2.45) is 0 Å². The van der Waals surface area contributed by atoms with Crippen molar-refractivity contribution in [2.45, 2.75) is 26.0 Å². The third kappa shape index (κ3) is 6.08. The van der Waals surface area contributed by atoms with E-state index in [1.807, 2.05) is 38.1 Å². The summed E-state index contributed by atoms with van der Waals surface area (Å²) in [5.41, 5.74) is 2.14. The van der Waals surface area contributed by atoms with Gasteiger partial charge in [-0.2, -0.15) is 0 Å². The van der Waals surface area contributed by atoms with Gasteiger partial charge in [0.1, 0.15) is 24.3 Å². The summed E-state index contributed by atoms with van der Waals surface area (Å²) in [7, 11) is 0. The lowest BCUT2D eigenvalue weighted by atomic mass is 10.0. The van der Waals surface area contributed by atoms with Crippen LogP contribution < -0.4 is 15.4 Å². The van der Waals surface area contributed by atoms with Crippen LogP contribution in [-0.4, -0.2) is 30.4 Å². The molecule has 0 aliphatic rings. The number of urea groups is 1. The normalized spacial score (nSPS) is 13.0. The largest absolute Gasteiger partial charge is 0.491 e. The number of hydrogen-bond donors (Lipinski definition) is 3. The van der Waals surface area contributed by atoms with Gasteiger partial charge in [-0.15, -0.1) is 0 Å². The van der Waals surface area contributed by atoms with Crippen LogP contribution in [0.3, 0.4) is 0 Å². The number of aliphatic hydroxyl groups excluding tert-OH is 1. The van der Waals surface area contributed by atoms with Gasteiger partial charge in [-0.05, 0) is 49.2 Å². The Hall–Kier alpha value is -2.60. The summed E-state index contributed by atoms with van der Waals surface area (Å²) in [4.78, 5) is 11.9. The van der Waals surface area contributed by atoms with Crippen molar-refractivity contribution < 1.29 is 19.0 Å². The summed E-state index contributed by atoms with van der Waals surface area (Å²) in [6.07, 6.45) is -0.871. The summed E-state index contributed by atoms with van der Waals surface area (Å²) in [5.74, 6) is 0.104. The van der Waals surface area contributed by atoms with E-state index in [4.69, 9.17) is 4.74 Å². The Bertz CT molecular complexity index is 691. The molecule has 2 atom stereocenters. The van der Waals surface area contributed by atoms with E-state index in [0.29, 0.717) is 5.75 Å². The Morgan fingerprint density at radius 3 is 2.56 bits per heavy atom. The monoisotopic (exact) mass is 346 g/mol. The quantitative estimate of drug-likeness (QED) is 0.722. The Labute approximate surface area is 146 Å². The van der Waals surface area contributed by atoms with Gasteiger partial charge in [0.25, 0.3) is 0 Å². The molecule has 2 rings (SSSR count). The molecule has 2 aromatic carbocycles. The van der Waals surface area contributed by atoms with Crippen LogP contribution >= 0.6 is 0 Å². The Balaban J connectivity index is 1.72. The fraction of sp³-hybridized carbons (Fsp3) is 0.316. The summed E-state index contributed by atoms with van der Waals surface area (Å²) in [6, 6.07) is 12.8. The number of benzene rings is 2. The number of nitrogens with one attached hydrogen (secondary N) is 2. The molecule has 0 fully saturated rings. The lowest BCUT2D eigenvalue weighted by Gasteiger charge is -2.18. The highest BCUT2D eigenvalue weighted by Gasteiger charge is 2.12. The van der Waals surface area contributed by atoms with Crippen LogP contribution in [0.5, 0.6) is 5.75 Å². The number of rotatable bonds is 7. The third-order valence-electron chi connectivity index (χ3n) is 3.76. The molecule has 0 saturated heterocycles. The van der Waals surface area contributed by atoms with Gasteiger partial charge in [-0.1, -0.05) is 24.3 Å². The minimum atomic E-state index is -0.871. The molecule has 134 valence electrons. The minimum Gasteiger partial charge on any atom is -0.491 e. The first-order valence-corrected chi connectivity index (χ1v) is 8.12. The van der Waals surface area contributed by atoms with E-state index in [-0.39, 0.29) is 31.0 Å². The van der Waals surface area contributed by atoms with Gasteiger partial charge in [-0.25, -0.2) is 9.18 Å². The molecule has 2 aromatic rings. The lowest BCUT2D eigenvalue weighted by Crippen LogP contribution is -2.42. The standard InChI is InChI=1S/C19H23FN2O3/c1-13-5-3-4-6-18(13)14(2)22-19(24)21-11-16(23)12-25-17-9-7-15(20)8-10-17/h3-10,14,16,23H,11-12H2,1-2H3,(H2,21,22,24). The second-order valence-electron chi connectivity index (χ2n) is 5.85. The molecule has 0 saturated carbocycles. The Kier molecular flexibility index (Phi) is 6.77. The highest BCUT2D eigenvalue weighted by atomic mass is 19.1. The van der Waals surface area contributed by atoms with E-state index in [1.165, 1.54) is 24.3 Å². The second-order valence-corrected chi connectivity index (χ2v) is 5.85. The first kappa shape index (κ1) is 18.7. The average Bonchev–Trinajstić information content (AvgIpc) is 2.59. The van der Waals surface area contributed by atoms with Crippen molar-refractivity contribution in [3.05, 3.63) is 65.5 Å². The number of amides is 2. The molecule has 0 aromatic heterocycles. The number of carbonyl (C=O) groups excluding carboxylic acids is 1. The van der Waals surface area contributed by atoms with Gasteiger partial charge in [-0.3, -0.25) is 0 Å². The highest BCUT2D eigenvalue weighted by molar-refractivity contribution is 5.74. The zero-order valence-corrected chi connectivity index (χ0v) is 14.3. The maximum absolute atomic E-state index is 12.8. The van der Waals surface area contributed by atoms with Crippen molar-refractivity contribution in [1.82, 2.24) is 10.6 Å². The van der Waals surface area contributed by atoms with E-state index in [2.05, 4.69) is 10.6 Å². The molecule has 0 aliphatic heterocycles. The van der Waals surface area contributed by atoms with Crippen LogP contribution in [0.25, 0.3) is 0 Å². The molecule has 0 bridgehead atoms. The number of aryl methyl sites for hydroxylation is 1. The molecular weight excluding hydrogens is 323 g/mol. The molecule has 5 nitrogen and oxygen atoms in total. The highest BCUT2D eigenvalue weighted by Crippen LogP contribution is 2.16. The first-order valence-electron chi connectivity index (χ1n) is 8.12. The number of carbonyl (C=O) groups is 1. The topological polar surface area (TPSA) is 70.6 Å². The molecule has 6 heteroatoms. The van der Waals surface area contributed by atoms with Crippen LogP contribution in [0.15, 0.2) is 48.5 Å². The summed E-state index contributed by atoms with van der Waals surface area (Å²) >= 11 is 0. The summed E-state index contributed by atoms with van der Waals surface area (Å²) in [5, 5.41) is 15.3. The molecule has 0 spiro atoms. The van der Waals surface area contributed by atoms with E-state index in [1.54, 1.807) is 0 Å². The van der Waals surface area contributed by atoms with Gasteiger partial charge >= 0.3 is 6.03 Å². The Morgan fingerprint density at radius 2 is 1.88 bits per heavy atom. The average molecular weight is 346 g/mol. The van der Waals surface area contributed by atoms with Gasteiger partial charge in [0.15, 0.2) is 0 Å². The molecule has 3 N–H and O–H groups in total. The maximum atomic E-state index is 12.8. The number of halogens is 1. The zero-order chi connectivity index (χ0) is 18.2. The van der Waals surface area contributed by atoms with E-state index >= 15 is 0 Å². The van der Waals surface area contributed by atoms with Crippen molar-refractivity contribution >= 4 is 6.03 Å². The van der Waals surface area contributed by atoms with Crippen LogP contribution in [0.1, 0.15) is 24.1 Å². The SMILES string of the molecule is Cc1ccccc1C(C)NC(=O)NCC(O)COc1ccc(F)cc1. The molecule has 0 radical (unpaired) electrons. The number of aliphatic hydroxyl groups is 1. The number of hydrogen-bond acceptors (Lipinski definition) is 3. The second kappa shape index (κ2) is 9.03. The molecule has 0 heterocycles. The molecule has 25 heavy (non-hydrogen) atoms. The molecular formula is C19H23FN2O3. The molecule has 2 amide bonds. The van der Waals surface area contributed by atoms with Crippen molar-refractivity contribution in [1.29, 1.82) is 0 Å². The predicted octanol–water partition coefficient (Wildman–Crippen LogP) is 2.93. The predicted molar refractivity (Wildman–Crippen MR) is 94.0 cm³/mol. The lowest BCUT2D eigenvalue weighted by molar-refractivity contribution is 0.107. The van der Waals surface area contributed by atoms with E-state index in [9.17, 15) is 14.3 Å². The van der Waals surface area contributed by atoms with Gasteiger partial charge < -0.3 is 20.5 Å². The van der Waals surface area contributed by atoms with Crippen LogP contribution in [-0.2, 0) is 0 Å². The molecule has 0 aliphatic carbocycles. The summed E-state index contributed by atoms with van der Waals surface area (Å²) < 4.78 is 18.1. The van der Waals surface area contributed by atoms with Gasteiger partial charge in [0.05, 0.1) is 6.04 Å².